The smallest absolute Gasteiger partial charge is 0.0628 e. The normalized spacial score (nSPS) is 21.4. The van der Waals surface area contributed by atoms with Gasteiger partial charge in [0.1, 0.15) is 0 Å². The summed E-state index contributed by atoms with van der Waals surface area (Å²) < 4.78 is 2.14. The molecule has 1 heterocycles. The Labute approximate surface area is 85.3 Å². The van der Waals surface area contributed by atoms with Crippen molar-refractivity contribution in [1.29, 1.82) is 0 Å². The van der Waals surface area contributed by atoms with Crippen LogP contribution in [0.1, 0.15) is 43.3 Å². The van der Waals surface area contributed by atoms with E-state index >= 15 is 0 Å². The van der Waals surface area contributed by atoms with E-state index in [4.69, 9.17) is 5.73 Å². The number of rotatable bonds is 1. The minimum absolute atomic E-state index is 0.330. The van der Waals surface area contributed by atoms with Crippen molar-refractivity contribution in [1.82, 2.24) is 9.78 Å². The summed E-state index contributed by atoms with van der Waals surface area (Å²) in [6.45, 7) is 6.45. The molecular weight excluding hydrogens is 174 g/mol. The topological polar surface area (TPSA) is 43.8 Å². The molecular formula is C11H19N3. The molecule has 0 aromatic carbocycles. The van der Waals surface area contributed by atoms with Crippen molar-refractivity contribution in [3.8, 4) is 0 Å². The SMILES string of the molecule is Cc1nn(C(C)C)c2c1CCC(N)C2. The standard InChI is InChI=1S/C11H19N3/c1-7(2)14-11-6-9(12)4-5-10(11)8(3)13-14/h7,9H,4-6,12H2,1-3H3. The van der Waals surface area contributed by atoms with Crippen LogP contribution in [0.2, 0.25) is 0 Å². The Bertz CT molecular complexity index is 339. The second kappa shape index (κ2) is 3.39. The second-order valence-electron chi connectivity index (χ2n) is 4.55. The molecule has 1 unspecified atom stereocenters. The van der Waals surface area contributed by atoms with Crippen LogP contribution in [0.15, 0.2) is 0 Å². The molecule has 3 nitrogen and oxygen atoms in total. The Hall–Kier alpha value is -0.830. The van der Waals surface area contributed by atoms with E-state index in [0.29, 0.717) is 12.1 Å². The largest absolute Gasteiger partial charge is 0.327 e. The van der Waals surface area contributed by atoms with Crippen molar-refractivity contribution in [2.24, 2.45) is 5.73 Å². The molecule has 2 N–H and O–H groups in total. The van der Waals surface area contributed by atoms with Gasteiger partial charge in [-0.2, -0.15) is 5.10 Å². The maximum atomic E-state index is 5.99. The lowest BCUT2D eigenvalue weighted by Gasteiger charge is -2.21. The predicted octanol–water partition coefficient (Wildman–Crippen LogP) is 1.59. The fraction of sp³-hybridized carbons (Fsp3) is 0.727. The summed E-state index contributed by atoms with van der Waals surface area (Å²) in [5.74, 6) is 0. The number of nitrogens with zero attached hydrogens (tertiary/aromatic N) is 2. The molecule has 0 bridgehead atoms. The summed E-state index contributed by atoms with van der Waals surface area (Å²) in [5, 5.41) is 4.59. The van der Waals surface area contributed by atoms with Crippen molar-refractivity contribution >= 4 is 0 Å². The minimum Gasteiger partial charge on any atom is -0.327 e. The minimum atomic E-state index is 0.330. The lowest BCUT2D eigenvalue weighted by Crippen LogP contribution is -2.29. The predicted molar refractivity (Wildman–Crippen MR) is 57.3 cm³/mol. The molecule has 0 saturated carbocycles. The zero-order chi connectivity index (χ0) is 10.3. The quantitative estimate of drug-likeness (QED) is 0.736. The van der Waals surface area contributed by atoms with Gasteiger partial charge < -0.3 is 5.73 Å². The second-order valence-corrected chi connectivity index (χ2v) is 4.55. The zero-order valence-corrected chi connectivity index (χ0v) is 9.25. The molecule has 1 aromatic heterocycles. The molecule has 0 aliphatic heterocycles. The third-order valence-corrected chi connectivity index (χ3v) is 3.03. The Balaban J connectivity index is 2.45. The first-order valence-corrected chi connectivity index (χ1v) is 5.42. The van der Waals surface area contributed by atoms with Crippen molar-refractivity contribution in [3.63, 3.8) is 0 Å². The highest BCUT2D eigenvalue weighted by Gasteiger charge is 2.23. The van der Waals surface area contributed by atoms with Crippen molar-refractivity contribution in [2.45, 2.75) is 52.1 Å². The van der Waals surface area contributed by atoms with Gasteiger partial charge in [0.05, 0.1) is 5.69 Å². The fourth-order valence-corrected chi connectivity index (χ4v) is 2.28. The third kappa shape index (κ3) is 1.46. The number of nitrogens with two attached hydrogens (primary N) is 1. The van der Waals surface area contributed by atoms with Crippen LogP contribution in [0.5, 0.6) is 0 Å². The van der Waals surface area contributed by atoms with E-state index in [9.17, 15) is 0 Å². The van der Waals surface area contributed by atoms with E-state index in [1.54, 1.807) is 0 Å². The maximum Gasteiger partial charge on any atom is 0.0628 e. The van der Waals surface area contributed by atoms with Gasteiger partial charge in [0.25, 0.3) is 0 Å². The molecule has 1 aliphatic carbocycles. The fourth-order valence-electron chi connectivity index (χ4n) is 2.28. The van der Waals surface area contributed by atoms with Gasteiger partial charge in [-0.05, 0) is 39.2 Å². The van der Waals surface area contributed by atoms with Crippen LogP contribution >= 0.6 is 0 Å². The van der Waals surface area contributed by atoms with Gasteiger partial charge in [0.2, 0.25) is 0 Å². The monoisotopic (exact) mass is 193 g/mol. The molecule has 1 atom stereocenters. The number of aromatic nitrogens is 2. The van der Waals surface area contributed by atoms with Crippen LogP contribution < -0.4 is 5.73 Å². The van der Waals surface area contributed by atoms with Crippen LogP contribution in [-0.2, 0) is 12.8 Å². The first-order chi connectivity index (χ1) is 6.59. The van der Waals surface area contributed by atoms with Gasteiger partial charge >= 0.3 is 0 Å². The van der Waals surface area contributed by atoms with Crippen molar-refractivity contribution < 1.29 is 0 Å². The summed E-state index contributed by atoms with van der Waals surface area (Å²) >= 11 is 0. The molecule has 1 aliphatic rings. The van der Waals surface area contributed by atoms with E-state index < -0.39 is 0 Å². The van der Waals surface area contributed by atoms with E-state index in [2.05, 4.69) is 30.6 Å². The number of hydrogen-bond acceptors (Lipinski definition) is 2. The number of hydrogen-bond donors (Lipinski definition) is 1. The molecule has 0 radical (unpaired) electrons. The van der Waals surface area contributed by atoms with Crippen LogP contribution in [-0.4, -0.2) is 15.8 Å². The Morgan fingerprint density at radius 2 is 2.21 bits per heavy atom. The molecule has 2 rings (SSSR count). The van der Waals surface area contributed by atoms with Gasteiger partial charge in [-0.3, -0.25) is 4.68 Å². The Kier molecular flexibility index (Phi) is 2.35. The average molecular weight is 193 g/mol. The molecule has 14 heavy (non-hydrogen) atoms. The average Bonchev–Trinajstić information content (AvgIpc) is 2.43. The van der Waals surface area contributed by atoms with Crippen LogP contribution in [0.4, 0.5) is 0 Å². The molecule has 3 heteroatoms. The summed E-state index contributed by atoms with van der Waals surface area (Å²) in [7, 11) is 0. The number of aryl methyl sites for hydroxylation is 1. The van der Waals surface area contributed by atoms with Crippen molar-refractivity contribution in [3.05, 3.63) is 17.0 Å². The molecule has 0 fully saturated rings. The van der Waals surface area contributed by atoms with Gasteiger partial charge in [0, 0.05) is 24.2 Å². The third-order valence-electron chi connectivity index (χ3n) is 3.03. The lowest BCUT2D eigenvalue weighted by atomic mass is 9.92. The van der Waals surface area contributed by atoms with Crippen LogP contribution in [0.25, 0.3) is 0 Å². The van der Waals surface area contributed by atoms with E-state index in [1.807, 2.05) is 0 Å². The maximum absolute atomic E-state index is 5.99. The molecule has 1 aromatic rings. The van der Waals surface area contributed by atoms with E-state index in [0.717, 1.165) is 19.3 Å². The first kappa shape index (κ1) is 9.71. The van der Waals surface area contributed by atoms with Crippen LogP contribution in [0.3, 0.4) is 0 Å². The molecule has 0 saturated heterocycles. The number of fused-ring (bicyclic) bond motifs is 1. The summed E-state index contributed by atoms with van der Waals surface area (Å²) in [4.78, 5) is 0. The summed E-state index contributed by atoms with van der Waals surface area (Å²) in [5.41, 5.74) is 10.00. The molecule has 0 spiro atoms. The summed E-state index contributed by atoms with van der Waals surface area (Å²) in [6, 6.07) is 0.777. The highest BCUT2D eigenvalue weighted by Crippen LogP contribution is 2.25. The summed E-state index contributed by atoms with van der Waals surface area (Å²) in [6.07, 6.45) is 3.21. The Morgan fingerprint density at radius 3 is 2.86 bits per heavy atom. The van der Waals surface area contributed by atoms with Crippen LogP contribution in [0, 0.1) is 6.92 Å². The molecule has 0 amide bonds. The van der Waals surface area contributed by atoms with E-state index in [1.165, 1.54) is 17.0 Å². The van der Waals surface area contributed by atoms with E-state index in [-0.39, 0.29) is 0 Å². The Morgan fingerprint density at radius 1 is 1.50 bits per heavy atom. The highest BCUT2D eigenvalue weighted by molar-refractivity contribution is 5.29. The van der Waals surface area contributed by atoms with Gasteiger partial charge in [-0.25, -0.2) is 0 Å². The van der Waals surface area contributed by atoms with Gasteiger partial charge in [-0.15, -0.1) is 0 Å². The van der Waals surface area contributed by atoms with Gasteiger partial charge in [0.15, 0.2) is 0 Å². The molecule has 78 valence electrons. The lowest BCUT2D eigenvalue weighted by molar-refractivity contribution is 0.475. The van der Waals surface area contributed by atoms with Gasteiger partial charge in [-0.1, -0.05) is 0 Å². The highest BCUT2D eigenvalue weighted by atomic mass is 15.3. The van der Waals surface area contributed by atoms with Crippen molar-refractivity contribution in [2.75, 3.05) is 0 Å². The first-order valence-electron chi connectivity index (χ1n) is 5.42. The zero-order valence-electron chi connectivity index (χ0n) is 9.25.